The summed E-state index contributed by atoms with van der Waals surface area (Å²) >= 11 is 6.21. The van der Waals surface area contributed by atoms with Crippen LogP contribution in [0, 0.1) is 10.1 Å². The number of ether oxygens (including phenoxy) is 1. The third kappa shape index (κ3) is 5.17. The second-order valence-electron chi connectivity index (χ2n) is 8.39. The van der Waals surface area contributed by atoms with E-state index in [9.17, 15) is 19.7 Å². The van der Waals surface area contributed by atoms with Crippen molar-refractivity contribution in [2.75, 3.05) is 0 Å². The number of nitro groups is 1. The number of carbonyl (C=O) groups is 1. The van der Waals surface area contributed by atoms with Crippen LogP contribution in [-0.4, -0.2) is 38.0 Å². The molecule has 1 saturated carbocycles. The predicted molar refractivity (Wildman–Crippen MR) is 131 cm³/mol. The van der Waals surface area contributed by atoms with Gasteiger partial charge in [-0.3, -0.25) is 14.9 Å². The number of benzene rings is 2. The van der Waals surface area contributed by atoms with Gasteiger partial charge >= 0.3 is 11.7 Å². The first-order valence-electron chi connectivity index (χ1n) is 11.2. The smallest absolute Gasteiger partial charge is 0.344 e. The minimum Gasteiger partial charge on any atom is -0.479 e. The molecule has 0 unspecified atom stereocenters. The summed E-state index contributed by atoms with van der Waals surface area (Å²) in [6, 6.07) is 9.57. The highest BCUT2D eigenvalue weighted by molar-refractivity contribution is 6.32. The molecule has 0 saturated heterocycles. The zero-order valence-corrected chi connectivity index (χ0v) is 19.6. The molecular weight excluding hydrogens is 476 g/mol. The molecule has 0 amide bonds. The van der Waals surface area contributed by atoms with Gasteiger partial charge < -0.3 is 9.84 Å². The molecular formula is C24H23ClN4O6. The Hall–Kier alpha value is -3.79. The molecule has 35 heavy (non-hydrogen) atoms. The van der Waals surface area contributed by atoms with Crippen molar-refractivity contribution in [2.45, 2.75) is 51.0 Å². The van der Waals surface area contributed by atoms with Crippen molar-refractivity contribution < 1.29 is 19.6 Å². The molecule has 1 fully saturated rings. The third-order valence-corrected chi connectivity index (χ3v) is 6.24. The molecule has 11 heteroatoms. The van der Waals surface area contributed by atoms with Crippen molar-refractivity contribution in [3.8, 4) is 5.75 Å². The van der Waals surface area contributed by atoms with E-state index in [0.717, 1.165) is 32.1 Å². The minimum absolute atomic E-state index is 0.0735. The Balaban J connectivity index is 1.79. The Morgan fingerprint density at radius 3 is 2.71 bits per heavy atom. The van der Waals surface area contributed by atoms with Crippen molar-refractivity contribution in [1.82, 2.24) is 9.66 Å². The zero-order chi connectivity index (χ0) is 25.1. The predicted octanol–water partition coefficient (Wildman–Crippen LogP) is 4.74. The van der Waals surface area contributed by atoms with Crippen LogP contribution in [0.2, 0.25) is 5.02 Å². The Labute approximate surface area is 205 Å². The van der Waals surface area contributed by atoms with Gasteiger partial charge in [-0.2, -0.15) is 9.78 Å². The van der Waals surface area contributed by atoms with Crippen LogP contribution in [0.3, 0.4) is 0 Å². The van der Waals surface area contributed by atoms with E-state index in [0.29, 0.717) is 16.7 Å². The second kappa shape index (κ2) is 10.2. The summed E-state index contributed by atoms with van der Waals surface area (Å²) in [5.41, 5.74) is -0.00395. The van der Waals surface area contributed by atoms with Gasteiger partial charge in [-0.1, -0.05) is 43.0 Å². The van der Waals surface area contributed by atoms with E-state index in [1.807, 2.05) is 6.07 Å². The fraction of sp³-hybridized carbons (Fsp3) is 0.333. The highest BCUT2D eigenvalue weighted by Crippen LogP contribution is 2.37. The van der Waals surface area contributed by atoms with Crippen LogP contribution in [-0.2, 0) is 4.79 Å². The second-order valence-corrected chi connectivity index (χ2v) is 8.80. The first kappa shape index (κ1) is 24.3. The molecule has 182 valence electrons. The Kier molecular flexibility index (Phi) is 7.11. The molecule has 1 atom stereocenters. The average molecular weight is 499 g/mol. The average Bonchev–Trinajstić information content (AvgIpc) is 2.85. The van der Waals surface area contributed by atoms with E-state index in [-0.39, 0.29) is 27.8 Å². The van der Waals surface area contributed by atoms with E-state index in [4.69, 9.17) is 26.4 Å². The molecule has 1 aliphatic carbocycles. The largest absolute Gasteiger partial charge is 0.479 e. The molecule has 1 heterocycles. The molecule has 0 spiro atoms. The standard InChI is InChI=1S/C24H23ClN4O6/c1-14(24(31)32)35-21-18(25)11-15(12-20(21)29(33)34)13-26-28-22(16-7-3-2-4-8-16)27-19-10-6-5-9-17(19)23(28)30/h5-6,9-14,16H,2-4,7-8H2,1H3,(H,31,32)/t14-/m1/s1. The highest BCUT2D eigenvalue weighted by atomic mass is 35.5. The van der Waals surface area contributed by atoms with Gasteiger partial charge in [0, 0.05) is 17.5 Å². The van der Waals surface area contributed by atoms with Gasteiger partial charge in [-0.15, -0.1) is 0 Å². The molecule has 0 aliphatic heterocycles. The number of carboxylic acid groups (broad SMARTS) is 1. The summed E-state index contributed by atoms with van der Waals surface area (Å²) in [5, 5.41) is 25.3. The van der Waals surface area contributed by atoms with E-state index < -0.39 is 22.7 Å². The summed E-state index contributed by atoms with van der Waals surface area (Å²) in [6.45, 7) is 1.24. The number of nitro benzene ring substituents is 1. The van der Waals surface area contributed by atoms with Crippen LogP contribution in [0.15, 0.2) is 46.3 Å². The van der Waals surface area contributed by atoms with Crippen LogP contribution < -0.4 is 10.3 Å². The van der Waals surface area contributed by atoms with Gasteiger partial charge in [0.15, 0.2) is 6.10 Å². The number of para-hydroxylation sites is 1. The topological polar surface area (TPSA) is 137 Å². The number of halogens is 1. The lowest BCUT2D eigenvalue weighted by atomic mass is 9.88. The maximum Gasteiger partial charge on any atom is 0.344 e. The van der Waals surface area contributed by atoms with Crippen LogP contribution >= 0.6 is 11.6 Å². The number of aromatic nitrogens is 2. The van der Waals surface area contributed by atoms with Crippen molar-refractivity contribution in [3.05, 3.63) is 73.3 Å². The van der Waals surface area contributed by atoms with Gasteiger partial charge in [0.1, 0.15) is 5.82 Å². The molecule has 1 N–H and O–H groups in total. The number of hydrogen-bond donors (Lipinski definition) is 1. The van der Waals surface area contributed by atoms with Crippen LogP contribution in [0.5, 0.6) is 5.75 Å². The van der Waals surface area contributed by atoms with Crippen molar-refractivity contribution in [1.29, 1.82) is 0 Å². The van der Waals surface area contributed by atoms with Crippen molar-refractivity contribution in [2.24, 2.45) is 5.10 Å². The number of rotatable bonds is 7. The highest BCUT2D eigenvalue weighted by Gasteiger charge is 2.25. The van der Waals surface area contributed by atoms with Crippen LogP contribution in [0.4, 0.5) is 5.69 Å². The third-order valence-electron chi connectivity index (χ3n) is 5.96. The molecule has 0 radical (unpaired) electrons. The molecule has 1 aromatic heterocycles. The summed E-state index contributed by atoms with van der Waals surface area (Å²) < 4.78 is 6.46. The maximum atomic E-state index is 13.3. The molecule has 3 aromatic rings. The van der Waals surface area contributed by atoms with Gasteiger partial charge in [-0.05, 0) is 38.0 Å². The number of aliphatic carboxylic acids is 1. The lowest BCUT2D eigenvalue weighted by Gasteiger charge is -2.22. The van der Waals surface area contributed by atoms with Crippen molar-refractivity contribution in [3.63, 3.8) is 0 Å². The summed E-state index contributed by atoms with van der Waals surface area (Å²) in [7, 11) is 0. The van der Waals surface area contributed by atoms with Crippen molar-refractivity contribution >= 4 is 40.4 Å². The van der Waals surface area contributed by atoms with E-state index in [1.54, 1.807) is 18.2 Å². The monoisotopic (exact) mass is 498 g/mol. The minimum atomic E-state index is -1.34. The summed E-state index contributed by atoms with van der Waals surface area (Å²) in [4.78, 5) is 40.0. The first-order chi connectivity index (χ1) is 16.8. The fourth-order valence-corrected chi connectivity index (χ4v) is 4.42. The van der Waals surface area contributed by atoms with E-state index in [1.165, 1.54) is 29.9 Å². The Morgan fingerprint density at radius 1 is 1.31 bits per heavy atom. The Morgan fingerprint density at radius 2 is 2.03 bits per heavy atom. The quantitative estimate of drug-likeness (QED) is 0.282. The lowest BCUT2D eigenvalue weighted by molar-refractivity contribution is -0.386. The SMILES string of the molecule is C[C@@H](Oc1c(Cl)cc(C=Nn2c(C3CCCCC3)nc3ccccc3c2=O)cc1[N+](=O)[O-])C(=O)O. The summed E-state index contributed by atoms with van der Waals surface area (Å²) in [6.07, 6.45) is 4.95. The lowest BCUT2D eigenvalue weighted by Crippen LogP contribution is -2.25. The van der Waals surface area contributed by atoms with E-state index >= 15 is 0 Å². The van der Waals surface area contributed by atoms with Gasteiger partial charge in [-0.25, -0.2) is 9.78 Å². The number of hydrogen-bond acceptors (Lipinski definition) is 7. The van der Waals surface area contributed by atoms with Gasteiger partial charge in [0.25, 0.3) is 5.56 Å². The first-order valence-corrected chi connectivity index (χ1v) is 11.6. The molecule has 1 aliphatic rings. The fourth-order valence-electron chi connectivity index (χ4n) is 4.16. The number of nitrogens with zero attached hydrogens (tertiary/aromatic N) is 4. The molecule has 0 bridgehead atoms. The van der Waals surface area contributed by atoms with Gasteiger partial charge in [0.2, 0.25) is 5.75 Å². The Bertz CT molecular complexity index is 1380. The normalized spacial score (nSPS) is 15.4. The van der Waals surface area contributed by atoms with Crippen LogP contribution in [0.1, 0.15) is 56.3 Å². The number of carboxylic acids is 1. The molecule has 4 rings (SSSR count). The van der Waals surface area contributed by atoms with Gasteiger partial charge in [0.05, 0.1) is 27.1 Å². The molecule has 10 nitrogen and oxygen atoms in total. The maximum absolute atomic E-state index is 13.3. The summed E-state index contributed by atoms with van der Waals surface area (Å²) in [5.74, 6) is -1.01. The van der Waals surface area contributed by atoms with Crippen LogP contribution in [0.25, 0.3) is 10.9 Å². The number of fused-ring (bicyclic) bond motifs is 1. The zero-order valence-electron chi connectivity index (χ0n) is 18.9. The van der Waals surface area contributed by atoms with E-state index in [2.05, 4.69) is 5.10 Å². The molecule has 2 aromatic carbocycles.